The Labute approximate surface area is 107 Å². The fourth-order valence-corrected chi connectivity index (χ4v) is 2.45. The first-order chi connectivity index (χ1) is 9.08. The van der Waals surface area contributed by atoms with Crippen LogP contribution in [0.5, 0.6) is 0 Å². The summed E-state index contributed by atoms with van der Waals surface area (Å²) in [4.78, 5) is 15.2. The van der Waals surface area contributed by atoms with Crippen LogP contribution in [0.25, 0.3) is 11.0 Å². The molecule has 7 heteroatoms. The van der Waals surface area contributed by atoms with Gasteiger partial charge in [-0.15, -0.1) is 0 Å². The highest BCUT2D eigenvalue weighted by Crippen LogP contribution is 2.29. The number of nitrogens with two attached hydrogens (primary N) is 1. The van der Waals surface area contributed by atoms with Crippen molar-refractivity contribution in [1.82, 2.24) is 14.9 Å². The maximum atomic E-state index is 13.9. The molecular formula is C12H12F2N4O. The van der Waals surface area contributed by atoms with E-state index in [0.29, 0.717) is 24.9 Å². The van der Waals surface area contributed by atoms with Crippen molar-refractivity contribution < 1.29 is 13.6 Å². The number of imidazole rings is 1. The molecule has 1 aliphatic rings. The van der Waals surface area contributed by atoms with Gasteiger partial charge in [-0.25, -0.2) is 13.8 Å². The van der Waals surface area contributed by atoms with Gasteiger partial charge in [0.2, 0.25) is 11.9 Å². The lowest BCUT2D eigenvalue weighted by Crippen LogP contribution is -2.36. The zero-order valence-electron chi connectivity index (χ0n) is 9.99. The van der Waals surface area contributed by atoms with Crippen LogP contribution in [-0.2, 0) is 4.79 Å². The van der Waals surface area contributed by atoms with Crippen molar-refractivity contribution in [3.63, 3.8) is 0 Å². The van der Waals surface area contributed by atoms with E-state index in [1.807, 2.05) is 0 Å². The van der Waals surface area contributed by atoms with Crippen LogP contribution in [0.2, 0.25) is 0 Å². The number of anilines is 1. The van der Waals surface area contributed by atoms with Gasteiger partial charge in [0.15, 0.2) is 11.6 Å². The van der Waals surface area contributed by atoms with Crippen LogP contribution in [0, 0.1) is 11.6 Å². The molecule has 2 aromatic rings. The molecule has 1 fully saturated rings. The Bertz CT molecular complexity index is 657. The molecule has 0 aliphatic carbocycles. The molecular weight excluding hydrogens is 254 g/mol. The van der Waals surface area contributed by atoms with Gasteiger partial charge in [0.25, 0.3) is 0 Å². The van der Waals surface area contributed by atoms with Gasteiger partial charge in [0, 0.05) is 13.0 Å². The lowest BCUT2D eigenvalue weighted by atomic mass is 10.1. The summed E-state index contributed by atoms with van der Waals surface area (Å²) in [7, 11) is 0. The number of aromatic nitrogens is 2. The second-order valence-electron chi connectivity index (χ2n) is 4.57. The third-order valence-corrected chi connectivity index (χ3v) is 3.38. The summed E-state index contributed by atoms with van der Waals surface area (Å²) >= 11 is 0. The summed E-state index contributed by atoms with van der Waals surface area (Å²) in [6.07, 6.45) is 0.859. The first-order valence-corrected chi connectivity index (χ1v) is 5.96. The number of carbonyl (C=O) groups is 1. The van der Waals surface area contributed by atoms with Crippen molar-refractivity contribution in [2.24, 2.45) is 0 Å². The van der Waals surface area contributed by atoms with Crippen LogP contribution in [-0.4, -0.2) is 22.0 Å². The number of piperidine rings is 1. The van der Waals surface area contributed by atoms with E-state index in [1.165, 1.54) is 10.6 Å². The first-order valence-electron chi connectivity index (χ1n) is 5.96. The molecule has 1 aromatic carbocycles. The van der Waals surface area contributed by atoms with Crippen molar-refractivity contribution in [3.05, 3.63) is 23.8 Å². The molecule has 3 N–H and O–H groups in total. The standard InChI is InChI=1S/C12H12F2N4O/c13-7-2-3-8-11(10(7)14)18(12(15)17-8)6-1-4-9(19)16-5-6/h2-3,6H,1,4-5H2,(H2,15,17)(H,16,19). The number of rotatable bonds is 1. The molecule has 0 bridgehead atoms. The molecule has 5 nitrogen and oxygen atoms in total. The second-order valence-corrected chi connectivity index (χ2v) is 4.57. The number of amides is 1. The molecule has 19 heavy (non-hydrogen) atoms. The molecule has 0 saturated carbocycles. The number of nitrogens with one attached hydrogen (secondary N) is 1. The molecule has 100 valence electrons. The lowest BCUT2D eigenvalue weighted by molar-refractivity contribution is -0.122. The quantitative estimate of drug-likeness (QED) is 0.818. The zero-order valence-corrected chi connectivity index (χ0v) is 9.99. The van der Waals surface area contributed by atoms with Crippen LogP contribution < -0.4 is 11.1 Å². The third-order valence-electron chi connectivity index (χ3n) is 3.38. The van der Waals surface area contributed by atoms with Gasteiger partial charge >= 0.3 is 0 Å². The van der Waals surface area contributed by atoms with Gasteiger partial charge in [-0.1, -0.05) is 0 Å². The van der Waals surface area contributed by atoms with Crippen LogP contribution in [0.1, 0.15) is 18.9 Å². The van der Waals surface area contributed by atoms with Crippen LogP contribution >= 0.6 is 0 Å². The Hall–Kier alpha value is -2.18. The Morgan fingerprint density at radius 3 is 2.89 bits per heavy atom. The predicted octanol–water partition coefficient (Wildman–Crippen LogP) is 1.35. The minimum Gasteiger partial charge on any atom is -0.369 e. The van der Waals surface area contributed by atoms with Crippen molar-refractivity contribution in [3.8, 4) is 0 Å². The molecule has 1 aromatic heterocycles. The molecule has 1 unspecified atom stereocenters. The molecule has 1 aliphatic heterocycles. The predicted molar refractivity (Wildman–Crippen MR) is 65.3 cm³/mol. The number of hydrogen-bond acceptors (Lipinski definition) is 3. The minimum atomic E-state index is -0.960. The SMILES string of the molecule is Nc1nc2ccc(F)c(F)c2n1C1CCC(=O)NC1. The number of hydrogen-bond donors (Lipinski definition) is 2. The highest BCUT2D eigenvalue weighted by Gasteiger charge is 2.25. The maximum Gasteiger partial charge on any atom is 0.220 e. The van der Waals surface area contributed by atoms with E-state index >= 15 is 0 Å². The van der Waals surface area contributed by atoms with E-state index in [-0.39, 0.29) is 23.4 Å². The molecule has 1 saturated heterocycles. The summed E-state index contributed by atoms with van der Waals surface area (Å²) in [6, 6.07) is 2.21. The number of nitrogen functional groups attached to an aromatic ring is 1. The normalized spacial score (nSPS) is 19.7. The smallest absolute Gasteiger partial charge is 0.220 e. The van der Waals surface area contributed by atoms with E-state index in [1.54, 1.807) is 0 Å². The van der Waals surface area contributed by atoms with Crippen molar-refractivity contribution in [2.45, 2.75) is 18.9 Å². The fraction of sp³-hybridized carbons (Fsp3) is 0.333. The number of benzene rings is 1. The van der Waals surface area contributed by atoms with E-state index in [2.05, 4.69) is 10.3 Å². The van der Waals surface area contributed by atoms with E-state index in [9.17, 15) is 13.6 Å². The van der Waals surface area contributed by atoms with Gasteiger partial charge in [0.05, 0.1) is 11.6 Å². The maximum absolute atomic E-state index is 13.9. The summed E-state index contributed by atoms with van der Waals surface area (Å²) < 4.78 is 28.7. The third kappa shape index (κ3) is 1.81. The van der Waals surface area contributed by atoms with Crippen molar-refractivity contribution >= 4 is 22.9 Å². The average Bonchev–Trinajstić information content (AvgIpc) is 2.72. The number of nitrogens with zero attached hydrogens (tertiary/aromatic N) is 2. The Kier molecular flexibility index (Phi) is 2.62. The molecule has 3 rings (SSSR count). The van der Waals surface area contributed by atoms with Gasteiger partial charge < -0.3 is 15.6 Å². The van der Waals surface area contributed by atoms with Crippen LogP contribution in [0.3, 0.4) is 0 Å². The van der Waals surface area contributed by atoms with Gasteiger partial charge in [-0.3, -0.25) is 4.79 Å². The Balaban J connectivity index is 2.14. The number of halogens is 2. The molecule has 1 amide bonds. The molecule has 0 radical (unpaired) electrons. The fourth-order valence-electron chi connectivity index (χ4n) is 2.45. The molecule has 1 atom stereocenters. The molecule has 2 heterocycles. The van der Waals surface area contributed by atoms with Crippen LogP contribution in [0.15, 0.2) is 12.1 Å². The highest BCUT2D eigenvalue weighted by atomic mass is 19.2. The van der Waals surface area contributed by atoms with E-state index in [4.69, 9.17) is 5.73 Å². The van der Waals surface area contributed by atoms with E-state index in [0.717, 1.165) is 6.07 Å². The Morgan fingerprint density at radius 2 is 2.21 bits per heavy atom. The Morgan fingerprint density at radius 1 is 1.42 bits per heavy atom. The number of carbonyl (C=O) groups excluding carboxylic acids is 1. The van der Waals surface area contributed by atoms with E-state index < -0.39 is 11.6 Å². The summed E-state index contributed by atoms with van der Waals surface area (Å²) in [5, 5.41) is 2.69. The van der Waals surface area contributed by atoms with Crippen LogP contribution in [0.4, 0.5) is 14.7 Å². The largest absolute Gasteiger partial charge is 0.369 e. The summed E-state index contributed by atoms with van der Waals surface area (Å²) in [5.74, 6) is -1.82. The minimum absolute atomic E-state index is 0.0501. The highest BCUT2D eigenvalue weighted by molar-refractivity contribution is 5.80. The summed E-state index contributed by atoms with van der Waals surface area (Å²) in [5.41, 5.74) is 6.16. The first kappa shape index (κ1) is 11.9. The topological polar surface area (TPSA) is 72.9 Å². The number of fused-ring (bicyclic) bond motifs is 1. The second kappa shape index (κ2) is 4.18. The zero-order chi connectivity index (χ0) is 13.6. The monoisotopic (exact) mass is 266 g/mol. The molecule has 0 spiro atoms. The van der Waals surface area contributed by atoms with Crippen molar-refractivity contribution in [1.29, 1.82) is 0 Å². The van der Waals surface area contributed by atoms with Gasteiger partial charge in [-0.05, 0) is 18.6 Å². The lowest BCUT2D eigenvalue weighted by Gasteiger charge is -2.25. The average molecular weight is 266 g/mol. The summed E-state index contributed by atoms with van der Waals surface area (Å²) in [6.45, 7) is 0.338. The van der Waals surface area contributed by atoms with Gasteiger partial charge in [0.1, 0.15) is 5.52 Å². The van der Waals surface area contributed by atoms with Crippen molar-refractivity contribution in [2.75, 3.05) is 12.3 Å². The van der Waals surface area contributed by atoms with Gasteiger partial charge in [-0.2, -0.15) is 0 Å².